The molecule has 0 aromatic carbocycles. The topological polar surface area (TPSA) is 43.1 Å². The van der Waals surface area contributed by atoms with Gasteiger partial charge in [0.1, 0.15) is 0 Å². The molecule has 0 amide bonds. The Labute approximate surface area is 68.2 Å². The molecule has 1 rings (SSSR count). The molecule has 2 N–H and O–H groups in total. The third-order valence-electron chi connectivity index (χ3n) is 2.22. The van der Waals surface area contributed by atoms with Gasteiger partial charge in [-0.2, -0.15) is 0 Å². The smallest absolute Gasteiger partial charge is 0.152 e. The van der Waals surface area contributed by atoms with Gasteiger partial charge >= 0.3 is 0 Å². The summed E-state index contributed by atoms with van der Waals surface area (Å²) < 4.78 is 0. The highest BCUT2D eigenvalue weighted by molar-refractivity contribution is 5.85. The average Bonchev–Trinajstić information content (AvgIpc) is 2.69. The maximum atomic E-state index is 11.3. The minimum Gasteiger partial charge on any atom is -0.321 e. The number of hydrogen-bond donors (Lipinski definition) is 1. The quantitative estimate of drug-likeness (QED) is 0.665. The van der Waals surface area contributed by atoms with Gasteiger partial charge in [0.15, 0.2) is 5.78 Å². The summed E-state index contributed by atoms with van der Waals surface area (Å²) in [5.74, 6) is 1.08. The van der Waals surface area contributed by atoms with Crippen LogP contribution in [-0.4, -0.2) is 11.8 Å². The zero-order valence-electron chi connectivity index (χ0n) is 7.34. The molecule has 0 saturated heterocycles. The van der Waals surface area contributed by atoms with E-state index in [1.165, 1.54) is 12.8 Å². The fraction of sp³-hybridized carbons (Fsp3) is 0.889. The van der Waals surface area contributed by atoms with Crippen LogP contribution in [-0.2, 0) is 4.79 Å². The molecule has 1 fully saturated rings. The van der Waals surface area contributed by atoms with E-state index in [0.29, 0.717) is 0 Å². The van der Waals surface area contributed by atoms with Crippen LogP contribution in [0.5, 0.6) is 0 Å². The lowest BCUT2D eigenvalue weighted by Gasteiger charge is -2.11. The second-order valence-corrected chi connectivity index (χ2v) is 3.84. The zero-order chi connectivity index (χ0) is 8.43. The summed E-state index contributed by atoms with van der Waals surface area (Å²) in [7, 11) is 0. The fourth-order valence-corrected chi connectivity index (χ4v) is 1.26. The SMILES string of the molecule is CC(C)C(=O)C(N)CC1CC1. The van der Waals surface area contributed by atoms with E-state index in [-0.39, 0.29) is 17.7 Å². The van der Waals surface area contributed by atoms with E-state index in [0.717, 1.165) is 12.3 Å². The van der Waals surface area contributed by atoms with Crippen molar-refractivity contribution in [3.8, 4) is 0 Å². The number of rotatable bonds is 4. The monoisotopic (exact) mass is 155 g/mol. The first kappa shape index (κ1) is 8.72. The summed E-state index contributed by atoms with van der Waals surface area (Å²) in [4.78, 5) is 11.3. The summed E-state index contributed by atoms with van der Waals surface area (Å²) in [6, 6.07) is -0.192. The maximum absolute atomic E-state index is 11.3. The first-order valence-electron chi connectivity index (χ1n) is 4.40. The van der Waals surface area contributed by atoms with Crippen LogP contribution in [0.4, 0.5) is 0 Å². The molecule has 1 unspecified atom stereocenters. The zero-order valence-corrected chi connectivity index (χ0v) is 7.34. The molecule has 64 valence electrons. The number of ketones is 1. The lowest BCUT2D eigenvalue weighted by Crippen LogP contribution is -2.34. The lowest BCUT2D eigenvalue weighted by molar-refractivity contribution is -0.123. The molecule has 0 bridgehead atoms. The second kappa shape index (κ2) is 3.35. The van der Waals surface area contributed by atoms with E-state index < -0.39 is 0 Å². The van der Waals surface area contributed by atoms with Crippen LogP contribution in [0.15, 0.2) is 0 Å². The Balaban J connectivity index is 2.26. The van der Waals surface area contributed by atoms with Gasteiger partial charge < -0.3 is 5.73 Å². The van der Waals surface area contributed by atoms with E-state index in [4.69, 9.17) is 5.73 Å². The van der Waals surface area contributed by atoms with Crippen LogP contribution in [0.1, 0.15) is 33.1 Å². The Hall–Kier alpha value is -0.370. The van der Waals surface area contributed by atoms with E-state index in [1.54, 1.807) is 0 Å². The van der Waals surface area contributed by atoms with E-state index in [9.17, 15) is 4.79 Å². The largest absolute Gasteiger partial charge is 0.321 e. The molecule has 0 aromatic heterocycles. The highest BCUT2D eigenvalue weighted by atomic mass is 16.1. The highest BCUT2D eigenvalue weighted by Crippen LogP contribution is 2.33. The minimum absolute atomic E-state index is 0.101. The lowest BCUT2D eigenvalue weighted by atomic mass is 9.98. The predicted octanol–water partition coefficient (Wildman–Crippen LogP) is 1.34. The third-order valence-corrected chi connectivity index (χ3v) is 2.22. The molecule has 1 saturated carbocycles. The normalized spacial score (nSPS) is 20.4. The maximum Gasteiger partial charge on any atom is 0.152 e. The number of carbonyl (C=O) groups is 1. The molecule has 0 aromatic rings. The van der Waals surface area contributed by atoms with Crippen molar-refractivity contribution < 1.29 is 4.79 Å². The van der Waals surface area contributed by atoms with Crippen LogP contribution < -0.4 is 5.73 Å². The van der Waals surface area contributed by atoms with Crippen molar-refractivity contribution in [2.24, 2.45) is 17.6 Å². The van der Waals surface area contributed by atoms with Crippen molar-refractivity contribution in [2.75, 3.05) is 0 Å². The summed E-state index contributed by atoms with van der Waals surface area (Å²) in [6.45, 7) is 3.82. The van der Waals surface area contributed by atoms with Crippen LogP contribution in [0.25, 0.3) is 0 Å². The first-order chi connectivity index (χ1) is 5.11. The minimum atomic E-state index is -0.192. The molecular weight excluding hydrogens is 138 g/mol. The van der Waals surface area contributed by atoms with Gasteiger partial charge in [0, 0.05) is 5.92 Å². The Morgan fingerprint density at radius 2 is 2.09 bits per heavy atom. The summed E-state index contributed by atoms with van der Waals surface area (Å²) >= 11 is 0. The Morgan fingerprint density at radius 1 is 1.55 bits per heavy atom. The molecule has 2 nitrogen and oxygen atoms in total. The molecule has 2 heteroatoms. The summed E-state index contributed by atoms with van der Waals surface area (Å²) in [6.07, 6.45) is 3.47. The van der Waals surface area contributed by atoms with Crippen molar-refractivity contribution in [2.45, 2.75) is 39.2 Å². The molecule has 0 radical (unpaired) electrons. The highest BCUT2D eigenvalue weighted by Gasteiger charge is 2.27. The standard InChI is InChI=1S/C9H17NO/c1-6(2)9(11)8(10)5-7-3-4-7/h6-8H,3-5,10H2,1-2H3. The molecule has 1 aliphatic rings. The van der Waals surface area contributed by atoms with Crippen molar-refractivity contribution in [3.63, 3.8) is 0 Å². The fourth-order valence-electron chi connectivity index (χ4n) is 1.26. The Kier molecular flexibility index (Phi) is 2.66. The third kappa shape index (κ3) is 2.62. The van der Waals surface area contributed by atoms with Gasteiger partial charge in [0.25, 0.3) is 0 Å². The van der Waals surface area contributed by atoms with Gasteiger partial charge in [0.05, 0.1) is 6.04 Å². The van der Waals surface area contributed by atoms with Crippen molar-refractivity contribution in [3.05, 3.63) is 0 Å². The van der Waals surface area contributed by atoms with Gasteiger partial charge in [-0.15, -0.1) is 0 Å². The predicted molar refractivity (Wildman–Crippen MR) is 45.2 cm³/mol. The molecule has 0 heterocycles. The Bertz CT molecular complexity index is 150. The van der Waals surface area contributed by atoms with E-state index >= 15 is 0 Å². The van der Waals surface area contributed by atoms with Gasteiger partial charge in [-0.3, -0.25) is 4.79 Å². The van der Waals surface area contributed by atoms with Gasteiger partial charge in [-0.1, -0.05) is 26.7 Å². The molecule has 0 spiro atoms. The molecule has 11 heavy (non-hydrogen) atoms. The van der Waals surface area contributed by atoms with Gasteiger partial charge in [-0.05, 0) is 12.3 Å². The number of carbonyl (C=O) groups excluding carboxylic acids is 1. The number of nitrogens with two attached hydrogens (primary N) is 1. The molecule has 1 aliphatic carbocycles. The average molecular weight is 155 g/mol. The van der Waals surface area contributed by atoms with E-state index in [1.807, 2.05) is 13.8 Å². The molecule has 1 atom stereocenters. The van der Waals surface area contributed by atoms with Crippen LogP contribution in [0, 0.1) is 11.8 Å². The molecule has 0 aliphatic heterocycles. The Morgan fingerprint density at radius 3 is 2.45 bits per heavy atom. The van der Waals surface area contributed by atoms with E-state index in [2.05, 4.69) is 0 Å². The molecular formula is C9H17NO. The number of Topliss-reactive ketones (excluding diaryl/α,β-unsaturated/α-hetero) is 1. The number of hydrogen-bond acceptors (Lipinski definition) is 2. The van der Waals surface area contributed by atoms with Crippen LogP contribution in [0.3, 0.4) is 0 Å². The van der Waals surface area contributed by atoms with Crippen molar-refractivity contribution in [1.82, 2.24) is 0 Å². The van der Waals surface area contributed by atoms with Crippen LogP contribution in [0.2, 0.25) is 0 Å². The summed E-state index contributed by atoms with van der Waals surface area (Å²) in [5, 5.41) is 0. The van der Waals surface area contributed by atoms with Gasteiger partial charge in [-0.25, -0.2) is 0 Å². The van der Waals surface area contributed by atoms with Crippen molar-refractivity contribution in [1.29, 1.82) is 0 Å². The first-order valence-corrected chi connectivity index (χ1v) is 4.40. The van der Waals surface area contributed by atoms with Crippen LogP contribution >= 0.6 is 0 Å². The van der Waals surface area contributed by atoms with Crippen molar-refractivity contribution >= 4 is 5.78 Å². The summed E-state index contributed by atoms with van der Waals surface area (Å²) in [5.41, 5.74) is 5.71. The second-order valence-electron chi connectivity index (χ2n) is 3.84. The van der Waals surface area contributed by atoms with Gasteiger partial charge in [0.2, 0.25) is 0 Å².